The summed E-state index contributed by atoms with van der Waals surface area (Å²) in [4.78, 5) is 0. The minimum atomic E-state index is 0.288. The Kier molecular flexibility index (Phi) is 7.28. The van der Waals surface area contributed by atoms with Crippen molar-refractivity contribution in [1.82, 2.24) is 5.32 Å². The van der Waals surface area contributed by atoms with E-state index in [0.29, 0.717) is 0 Å². The summed E-state index contributed by atoms with van der Waals surface area (Å²) in [5, 5.41) is 4.52. The average Bonchev–Trinajstić information content (AvgIpc) is 2.44. The van der Waals surface area contributed by atoms with Crippen molar-refractivity contribution >= 4 is 27.5 Å². The molecule has 1 aliphatic carbocycles. The predicted molar refractivity (Wildman–Crippen MR) is 96.0 cm³/mol. The maximum Gasteiger partial charge on any atom is 0.0547 e. The molecule has 1 N–H and O–H groups in total. The smallest absolute Gasteiger partial charge is 0.0547 e. The molecule has 0 radical (unpaired) electrons. The molecule has 0 bridgehead atoms. The molecule has 0 aromatic heterocycles. The summed E-state index contributed by atoms with van der Waals surface area (Å²) in [6.45, 7) is 3.24. The zero-order valence-corrected chi connectivity index (χ0v) is 15.1. The molecule has 1 unspecified atom stereocenters. The highest BCUT2D eigenvalue weighted by molar-refractivity contribution is 9.10. The van der Waals surface area contributed by atoms with Gasteiger partial charge in [0.2, 0.25) is 0 Å². The van der Waals surface area contributed by atoms with E-state index in [1.165, 1.54) is 49.7 Å². The predicted octanol–water partition coefficient (Wildman–Crippen LogP) is 6.42. The standard InChI is InChI=1S/C18H25BrClN/c1-2-12-21-18(14-8-6-4-3-5-7-9-14)16-13-15(20)10-11-17(16)19/h8,10-11,13,18,21H,2-7,9,12H2,1H3/b14-8+. The lowest BCUT2D eigenvalue weighted by Gasteiger charge is -2.25. The second-order valence-electron chi connectivity index (χ2n) is 5.78. The van der Waals surface area contributed by atoms with Crippen molar-refractivity contribution in [2.75, 3.05) is 6.54 Å². The molecular weight excluding hydrogens is 346 g/mol. The van der Waals surface area contributed by atoms with Gasteiger partial charge >= 0.3 is 0 Å². The lowest BCUT2D eigenvalue weighted by Crippen LogP contribution is -2.24. The van der Waals surface area contributed by atoms with Gasteiger partial charge in [-0.3, -0.25) is 0 Å². The highest BCUT2D eigenvalue weighted by Crippen LogP contribution is 2.34. The van der Waals surface area contributed by atoms with Gasteiger partial charge in [-0.25, -0.2) is 0 Å². The maximum atomic E-state index is 6.22. The Morgan fingerprint density at radius 2 is 2.05 bits per heavy atom. The molecule has 0 saturated carbocycles. The number of nitrogens with one attached hydrogen (secondary N) is 1. The first-order valence-corrected chi connectivity index (χ1v) is 9.26. The summed E-state index contributed by atoms with van der Waals surface area (Å²) in [6.07, 6.45) is 11.3. The Bertz CT molecular complexity index is 484. The van der Waals surface area contributed by atoms with E-state index in [1.807, 2.05) is 6.07 Å². The van der Waals surface area contributed by atoms with Crippen LogP contribution >= 0.6 is 27.5 Å². The first-order chi connectivity index (χ1) is 10.2. The van der Waals surface area contributed by atoms with Gasteiger partial charge in [0, 0.05) is 9.50 Å². The zero-order valence-electron chi connectivity index (χ0n) is 12.8. The number of hydrogen-bond acceptors (Lipinski definition) is 1. The molecule has 1 aliphatic rings. The molecular formula is C18H25BrClN. The molecule has 1 aromatic rings. The SMILES string of the molecule is CCCNC(/C1=C/CCCCCC1)c1cc(Cl)ccc1Br. The number of benzene rings is 1. The van der Waals surface area contributed by atoms with Crippen molar-refractivity contribution in [3.8, 4) is 0 Å². The van der Waals surface area contributed by atoms with Gasteiger partial charge in [-0.2, -0.15) is 0 Å². The van der Waals surface area contributed by atoms with E-state index < -0.39 is 0 Å². The Balaban J connectivity index is 2.29. The third-order valence-corrected chi connectivity index (χ3v) is 5.02. The van der Waals surface area contributed by atoms with Crippen molar-refractivity contribution in [1.29, 1.82) is 0 Å². The molecule has 21 heavy (non-hydrogen) atoms. The van der Waals surface area contributed by atoms with E-state index >= 15 is 0 Å². The van der Waals surface area contributed by atoms with E-state index in [-0.39, 0.29) is 6.04 Å². The summed E-state index contributed by atoms with van der Waals surface area (Å²) in [7, 11) is 0. The molecule has 2 rings (SSSR count). The molecule has 116 valence electrons. The zero-order chi connectivity index (χ0) is 15.1. The summed E-state index contributed by atoms with van der Waals surface area (Å²) in [5.41, 5.74) is 2.80. The van der Waals surface area contributed by atoms with E-state index in [4.69, 9.17) is 11.6 Å². The van der Waals surface area contributed by atoms with Crippen LogP contribution in [-0.2, 0) is 0 Å². The van der Waals surface area contributed by atoms with Gasteiger partial charge in [-0.1, -0.05) is 58.9 Å². The number of rotatable bonds is 5. The Morgan fingerprint density at radius 3 is 2.86 bits per heavy atom. The maximum absolute atomic E-state index is 6.22. The molecule has 0 heterocycles. The minimum Gasteiger partial charge on any atom is -0.306 e. The van der Waals surface area contributed by atoms with Gasteiger partial charge < -0.3 is 5.32 Å². The van der Waals surface area contributed by atoms with Crippen LogP contribution in [0.2, 0.25) is 5.02 Å². The van der Waals surface area contributed by atoms with Gasteiger partial charge in [-0.15, -0.1) is 0 Å². The molecule has 0 aliphatic heterocycles. The number of hydrogen-bond donors (Lipinski definition) is 1. The number of halogens is 2. The highest BCUT2D eigenvalue weighted by Gasteiger charge is 2.19. The van der Waals surface area contributed by atoms with Crippen LogP contribution in [0.15, 0.2) is 34.3 Å². The lowest BCUT2D eigenvalue weighted by molar-refractivity contribution is 0.539. The molecule has 3 heteroatoms. The van der Waals surface area contributed by atoms with Crippen molar-refractivity contribution in [2.24, 2.45) is 0 Å². The highest BCUT2D eigenvalue weighted by atomic mass is 79.9. The normalized spacial score (nSPS) is 20.2. The van der Waals surface area contributed by atoms with E-state index in [9.17, 15) is 0 Å². The summed E-state index contributed by atoms with van der Waals surface area (Å²) >= 11 is 9.92. The first kappa shape index (κ1) is 17.1. The van der Waals surface area contributed by atoms with Gasteiger partial charge in [0.1, 0.15) is 0 Å². The van der Waals surface area contributed by atoms with Crippen LogP contribution in [0.4, 0.5) is 0 Å². The largest absolute Gasteiger partial charge is 0.306 e. The van der Waals surface area contributed by atoms with Crippen LogP contribution in [0.5, 0.6) is 0 Å². The molecule has 0 saturated heterocycles. The molecule has 1 nitrogen and oxygen atoms in total. The summed E-state index contributed by atoms with van der Waals surface area (Å²) in [5.74, 6) is 0. The van der Waals surface area contributed by atoms with Gasteiger partial charge in [0.15, 0.2) is 0 Å². The molecule has 0 spiro atoms. The molecule has 1 aromatic carbocycles. The van der Waals surface area contributed by atoms with Crippen molar-refractivity contribution in [2.45, 2.75) is 57.9 Å². The monoisotopic (exact) mass is 369 g/mol. The first-order valence-electron chi connectivity index (χ1n) is 8.09. The number of allylic oxidation sites excluding steroid dienone is 1. The van der Waals surface area contributed by atoms with Crippen LogP contribution in [0, 0.1) is 0 Å². The van der Waals surface area contributed by atoms with Gasteiger partial charge in [-0.05, 0) is 62.4 Å². The van der Waals surface area contributed by atoms with Crippen LogP contribution in [0.25, 0.3) is 0 Å². The van der Waals surface area contributed by atoms with Crippen LogP contribution in [0.1, 0.15) is 63.5 Å². The van der Waals surface area contributed by atoms with Crippen molar-refractivity contribution in [3.05, 3.63) is 44.9 Å². The third kappa shape index (κ3) is 5.12. The van der Waals surface area contributed by atoms with Crippen LogP contribution < -0.4 is 5.32 Å². The van der Waals surface area contributed by atoms with Crippen molar-refractivity contribution < 1.29 is 0 Å². The van der Waals surface area contributed by atoms with Crippen LogP contribution in [-0.4, -0.2) is 6.54 Å². The Morgan fingerprint density at radius 1 is 1.24 bits per heavy atom. The second-order valence-corrected chi connectivity index (χ2v) is 7.08. The fourth-order valence-electron chi connectivity index (χ4n) is 2.94. The molecule has 1 atom stereocenters. The lowest BCUT2D eigenvalue weighted by atomic mass is 9.91. The topological polar surface area (TPSA) is 12.0 Å². The van der Waals surface area contributed by atoms with Gasteiger partial charge in [0.05, 0.1) is 6.04 Å². The van der Waals surface area contributed by atoms with E-state index in [1.54, 1.807) is 0 Å². The quantitative estimate of drug-likeness (QED) is 0.589. The minimum absolute atomic E-state index is 0.288. The fourth-order valence-corrected chi connectivity index (χ4v) is 3.60. The van der Waals surface area contributed by atoms with Crippen molar-refractivity contribution in [3.63, 3.8) is 0 Å². The Labute approximate surface area is 142 Å². The average molecular weight is 371 g/mol. The van der Waals surface area contributed by atoms with Crippen LogP contribution in [0.3, 0.4) is 0 Å². The second kappa shape index (κ2) is 8.97. The molecule has 0 fully saturated rings. The summed E-state index contributed by atoms with van der Waals surface area (Å²) in [6, 6.07) is 6.38. The fraction of sp³-hybridized carbons (Fsp3) is 0.556. The van der Waals surface area contributed by atoms with E-state index in [0.717, 1.165) is 22.5 Å². The third-order valence-electron chi connectivity index (χ3n) is 4.06. The van der Waals surface area contributed by atoms with Gasteiger partial charge in [0.25, 0.3) is 0 Å². The molecule has 0 amide bonds. The summed E-state index contributed by atoms with van der Waals surface area (Å²) < 4.78 is 1.14. The Hall–Kier alpha value is -0.310. The van der Waals surface area contributed by atoms with E-state index in [2.05, 4.69) is 46.4 Å².